The highest BCUT2D eigenvalue weighted by Gasteiger charge is 2.47. The van der Waals surface area contributed by atoms with Crippen LogP contribution in [-0.2, 0) is 6.42 Å². The highest BCUT2D eigenvalue weighted by atomic mass is 32.1. The second-order valence-electron chi connectivity index (χ2n) is 4.95. The Kier molecular flexibility index (Phi) is 4.33. The molecule has 1 nitrogen and oxygen atoms in total. The molecule has 0 amide bonds. The average Bonchev–Trinajstić information content (AvgIpc) is 2.80. The van der Waals surface area contributed by atoms with Gasteiger partial charge in [-0.25, -0.2) is 0 Å². The van der Waals surface area contributed by atoms with E-state index in [0.717, 1.165) is 11.3 Å². The van der Waals surface area contributed by atoms with Gasteiger partial charge in [-0.15, -0.1) is 11.3 Å². The Balaban J connectivity index is 2.04. The molecule has 0 saturated heterocycles. The lowest BCUT2D eigenvalue weighted by atomic mass is 9.75. The number of hydrogen-bond acceptors (Lipinski definition) is 2. The van der Waals surface area contributed by atoms with Crippen LogP contribution in [0.2, 0.25) is 0 Å². The van der Waals surface area contributed by atoms with Crippen molar-refractivity contribution in [2.24, 2.45) is 11.8 Å². The average molecular weight is 278 g/mol. The SMILES string of the molecule is OC(Cc1cccs1)C1CCCCC1C(F)(F)F. The molecule has 18 heavy (non-hydrogen) atoms. The Morgan fingerprint density at radius 1 is 1.33 bits per heavy atom. The summed E-state index contributed by atoms with van der Waals surface area (Å²) < 4.78 is 38.8. The van der Waals surface area contributed by atoms with Gasteiger partial charge in [0.25, 0.3) is 0 Å². The van der Waals surface area contributed by atoms with Gasteiger partial charge >= 0.3 is 6.18 Å². The van der Waals surface area contributed by atoms with E-state index < -0.39 is 24.1 Å². The van der Waals surface area contributed by atoms with Gasteiger partial charge in [0.15, 0.2) is 0 Å². The summed E-state index contributed by atoms with van der Waals surface area (Å²) in [6.45, 7) is 0. The van der Waals surface area contributed by atoms with Gasteiger partial charge in [-0.1, -0.05) is 18.9 Å². The van der Waals surface area contributed by atoms with E-state index in [1.807, 2.05) is 17.5 Å². The summed E-state index contributed by atoms with van der Waals surface area (Å²) in [5.74, 6) is -1.97. The van der Waals surface area contributed by atoms with Crippen LogP contribution < -0.4 is 0 Å². The Bertz CT molecular complexity index is 361. The van der Waals surface area contributed by atoms with Crippen molar-refractivity contribution in [3.8, 4) is 0 Å². The molecule has 1 heterocycles. The zero-order valence-electron chi connectivity index (χ0n) is 9.99. The minimum Gasteiger partial charge on any atom is -0.392 e. The lowest BCUT2D eigenvalue weighted by Gasteiger charge is -2.35. The van der Waals surface area contributed by atoms with E-state index in [-0.39, 0.29) is 6.42 Å². The van der Waals surface area contributed by atoms with E-state index in [4.69, 9.17) is 0 Å². The summed E-state index contributed by atoms with van der Waals surface area (Å²) in [5.41, 5.74) is 0. The molecule has 0 spiro atoms. The monoisotopic (exact) mass is 278 g/mol. The second kappa shape index (κ2) is 5.61. The normalized spacial score (nSPS) is 27.1. The zero-order valence-corrected chi connectivity index (χ0v) is 10.8. The largest absolute Gasteiger partial charge is 0.392 e. The molecule has 102 valence electrons. The van der Waals surface area contributed by atoms with E-state index in [0.29, 0.717) is 19.3 Å². The topological polar surface area (TPSA) is 20.2 Å². The van der Waals surface area contributed by atoms with Crippen LogP contribution in [-0.4, -0.2) is 17.4 Å². The molecule has 3 atom stereocenters. The van der Waals surface area contributed by atoms with Crippen LogP contribution in [0.25, 0.3) is 0 Å². The Morgan fingerprint density at radius 3 is 2.67 bits per heavy atom. The Morgan fingerprint density at radius 2 is 2.06 bits per heavy atom. The molecule has 0 bridgehead atoms. The molecular formula is C13H17F3OS. The zero-order chi connectivity index (χ0) is 13.2. The lowest BCUT2D eigenvalue weighted by molar-refractivity contribution is -0.206. The summed E-state index contributed by atoms with van der Waals surface area (Å²) in [6, 6.07) is 3.72. The molecule has 1 fully saturated rings. The molecular weight excluding hydrogens is 261 g/mol. The summed E-state index contributed by atoms with van der Waals surface area (Å²) in [4.78, 5) is 0.953. The lowest BCUT2D eigenvalue weighted by Crippen LogP contribution is -2.40. The highest BCUT2D eigenvalue weighted by Crippen LogP contribution is 2.43. The van der Waals surface area contributed by atoms with Gasteiger partial charge in [0.05, 0.1) is 12.0 Å². The molecule has 0 radical (unpaired) electrons. The van der Waals surface area contributed by atoms with Gasteiger partial charge in [0, 0.05) is 11.3 Å². The van der Waals surface area contributed by atoms with Crippen molar-refractivity contribution in [1.82, 2.24) is 0 Å². The van der Waals surface area contributed by atoms with Crippen LogP contribution in [0.3, 0.4) is 0 Å². The number of rotatable bonds is 3. The van der Waals surface area contributed by atoms with E-state index >= 15 is 0 Å². The van der Waals surface area contributed by atoms with Crippen LogP contribution in [0.1, 0.15) is 30.6 Å². The van der Waals surface area contributed by atoms with Gasteiger partial charge in [-0.3, -0.25) is 0 Å². The van der Waals surface area contributed by atoms with Crippen LogP contribution in [0.4, 0.5) is 13.2 Å². The van der Waals surface area contributed by atoms with Gasteiger partial charge in [0.2, 0.25) is 0 Å². The van der Waals surface area contributed by atoms with Gasteiger partial charge in [-0.2, -0.15) is 13.2 Å². The fourth-order valence-electron chi connectivity index (χ4n) is 2.81. The van der Waals surface area contributed by atoms with Crippen molar-refractivity contribution in [1.29, 1.82) is 0 Å². The maximum Gasteiger partial charge on any atom is 0.392 e. The van der Waals surface area contributed by atoms with E-state index in [9.17, 15) is 18.3 Å². The van der Waals surface area contributed by atoms with Crippen LogP contribution in [0.5, 0.6) is 0 Å². The third kappa shape index (κ3) is 3.26. The molecule has 5 heteroatoms. The maximum atomic E-state index is 12.9. The van der Waals surface area contributed by atoms with Crippen LogP contribution in [0, 0.1) is 11.8 Å². The van der Waals surface area contributed by atoms with Gasteiger partial charge < -0.3 is 5.11 Å². The summed E-state index contributed by atoms with van der Waals surface area (Å²) in [7, 11) is 0. The Hall–Kier alpha value is -0.550. The predicted molar refractivity (Wildman–Crippen MR) is 65.5 cm³/mol. The first-order valence-electron chi connectivity index (χ1n) is 6.25. The summed E-state index contributed by atoms with van der Waals surface area (Å²) in [5, 5.41) is 12.0. The minimum atomic E-state index is -4.18. The van der Waals surface area contributed by atoms with Crippen molar-refractivity contribution in [3.63, 3.8) is 0 Å². The number of hydrogen-bond donors (Lipinski definition) is 1. The van der Waals surface area contributed by atoms with Crippen molar-refractivity contribution < 1.29 is 18.3 Å². The van der Waals surface area contributed by atoms with Crippen molar-refractivity contribution in [2.45, 2.75) is 44.4 Å². The third-order valence-corrected chi connectivity index (χ3v) is 4.62. The first-order chi connectivity index (χ1) is 8.48. The minimum absolute atomic E-state index is 0.162. The number of halogens is 3. The molecule has 3 unspecified atom stereocenters. The highest BCUT2D eigenvalue weighted by molar-refractivity contribution is 7.09. The van der Waals surface area contributed by atoms with Crippen LogP contribution in [0.15, 0.2) is 17.5 Å². The number of aliphatic hydroxyl groups excluding tert-OH is 1. The molecule has 0 aromatic carbocycles. The molecule has 1 aromatic heterocycles. The predicted octanol–water partition coefficient (Wildman–Crippen LogP) is 4.02. The molecule has 1 N–H and O–H groups in total. The van der Waals surface area contributed by atoms with Crippen molar-refractivity contribution >= 4 is 11.3 Å². The fourth-order valence-corrected chi connectivity index (χ4v) is 3.57. The van der Waals surface area contributed by atoms with Gasteiger partial charge in [-0.05, 0) is 30.2 Å². The number of aliphatic hydroxyl groups is 1. The molecule has 1 aliphatic carbocycles. The quantitative estimate of drug-likeness (QED) is 0.885. The van der Waals surface area contributed by atoms with E-state index in [1.165, 1.54) is 11.3 Å². The third-order valence-electron chi connectivity index (χ3n) is 3.72. The molecule has 0 aliphatic heterocycles. The van der Waals surface area contributed by atoms with Crippen molar-refractivity contribution in [3.05, 3.63) is 22.4 Å². The smallest absolute Gasteiger partial charge is 0.392 e. The second-order valence-corrected chi connectivity index (χ2v) is 5.98. The van der Waals surface area contributed by atoms with Crippen molar-refractivity contribution in [2.75, 3.05) is 0 Å². The van der Waals surface area contributed by atoms with Gasteiger partial charge in [0.1, 0.15) is 0 Å². The number of alkyl halides is 3. The fraction of sp³-hybridized carbons (Fsp3) is 0.692. The standard InChI is InChI=1S/C13H17F3OS/c14-13(15,16)11-6-2-1-5-10(11)12(17)8-9-4-3-7-18-9/h3-4,7,10-12,17H,1-2,5-6,8H2. The number of thiophene rings is 1. The maximum absolute atomic E-state index is 12.9. The molecule has 2 rings (SSSR count). The Labute approximate surface area is 109 Å². The summed E-state index contributed by atoms with van der Waals surface area (Å²) >= 11 is 1.48. The van der Waals surface area contributed by atoms with E-state index in [2.05, 4.69) is 0 Å². The first-order valence-corrected chi connectivity index (χ1v) is 7.13. The molecule has 1 aromatic rings. The summed E-state index contributed by atoms with van der Waals surface area (Å²) in [6.07, 6.45) is -2.66. The molecule has 1 saturated carbocycles. The molecule has 1 aliphatic rings. The van der Waals surface area contributed by atoms with E-state index in [1.54, 1.807) is 0 Å². The van der Waals surface area contributed by atoms with Crippen LogP contribution >= 0.6 is 11.3 Å². The first kappa shape index (κ1) is 13.9.